The molecule has 0 unspecified atom stereocenters. The fourth-order valence-corrected chi connectivity index (χ4v) is 1.75. The van der Waals surface area contributed by atoms with Gasteiger partial charge in [0.1, 0.15) is 5.76 Å². The standard InChI is InChI=1S/C16H14ClN3O3/c17-14-6-2-1-4-12(14)10-19-20-16(22)11-18-15(21)8-7-13-5-3-9-23-13/h1-10H,11H2,(H,18,21)(H,20,22)/b8-7+,19-10+. The van der Waals surface area contributed by atoms with Gasteiger partial charge in [-0.2, -0.15) is 5.10 Å². The molecule has 0 atom stereocenters. The molecule has 6 nitrogen and oxygen atoms in total. The maximum Gasteiger partial charge on any atom is 0.259 e. The van der Waals surface area contributed by atoms with Crippen LogP contribution in [0.25, 0.3) is 6.08 Å². The molecule has 0 fully saturated rings. The molecule has 1 aromatic heterocycles. The maximum atomic E-state index is 11.5. The minimum atomic E-state index is -0.451. The van der Waals surface area contributed by atoms with Gasteiger partial charge in [-0.15, -0.1) is 0 Å². The van der Waals surface area contributed by atoms with E-state index in [0.29, 0.717) is 16.3 Å². The van der Waals surface area contributed by atoms with Gasteiger partial charge >= 0.3 is 0 Å². The molecule has 0 saturated heterocycles. The van der Waals surface area contributed by atoms with Gasteiger partial charge in [0, 0.05) is 16.7 Å². The number of nitrogens with one attached hydrogen (secondary N) is 2. The summed E-state index contributed by atoms with van der Waals surface area (Å²) in [6, 6.07) is 10.5. The van der Waals surface area contributed by atoms with Crippen molar-refractivity contribution in [3.8, 4) is 0 Å². The van der Waals surface area contributed by atoms with E-state index in [1.165, 1.54) is 24.6 Å². The van der Waals surface area contributed by atoms with Crippen LogP contribution in [0.5, 0.6) is 0 Å². The molecule has 1 heterocycles. The van der Waals surface area contributed by atoms with Gasteiger partial charge in [-0.05, 0) is 24.3 Å². The summed E-state index contributed by atoms with van der Waals surface area (Å²) in [5.41, 5.74) is 2.98. The Kier molecular flexibility index (Phi) is 6.14. The van der Waals surface area contributed by atoms with Crippen LogP contribution in [0.4, 0.5) is 0 Å². The normalized spacial score (nSPS) is 11.0. The fraction of sp³-hybridized carbons (Fsp3) is 0.0625. The van der Waals surface area contributed by atoms with E-state index in [1.54, 1.807) is 36.4 Å². The van der Waals surface area contributed by atoms with E-state index in [-0.39, 0.29) is 6.54 Å². The molecule has 1 aromatic carbocycles. The number of rotatable bonds is 6. The number of hydrogen-bond donors (Lipinski definition) is 2. The lowest BCUT2D eigenvalue weighted by Gasteiger charge is -2.01. The molecule has 0 radical (unpaired) electrons. The summed E-state index contributed by atoms with van der Waals surface area (Å²) in [6.45, 7) is -0.193. The van der Waals surface area contributed by atoms with Crippen LogP contribution < -0.4 is 10.7 Å². The van der Waals surface area contributed by atoms with Crippen molar-refractivity contribution in [2.24, 2.45) is 5.10 Å². The van der Waals surface area contributed by atoms with Gasteiger partial charge in [0.05, 0.1) is 19.0 Å². The third kappa shape index (κ3) is 5.80. The number of hydrogen-bond acceptors (Lipinski definition) is 4. The molecule has 2 amide bonds. The summed E-state index contributed by atoms with van der Waals surface area (Å²) in [5, 5.41) is 6.73. The van der Waals surface area contributed by atoms with E-state index in [0.717, 1.165) is 0 Å². The van der Waals surface area contributed by atoms with E-state index in [4.69, 9.17) is 16.0 Å². The van der Waals surface area contributed by atoms with Crippen molar-refractivity contribution in [2.45, 2.75) is 0 Å². The lowest BCUT2D eigenvalue weighted by atomic mass is 10.2. The van der Waals surface area contributed by atoms with Crippen molar-refractivity contribution >= 4 is 35.7 Å². The molecule has 0 aliphatic rings. The van der Waals surface area contributed by atoms with Crippen LogP contribution in [0.3, 0.4) is 0 Å². The zero-order chi connectivity index (χ0) is 16.5. The number of carbonyl (C=O) groups is 2. The summed E-state index contributed by atoms with van der Waals surface area (Å²) in [7, 11) is 0. The highest BCUT2D eigenvalue weighted by atomic mass is 35.5. The van der Waals surface area contributed by atoms with Crippen LogP contribution >= 0.6 is 11.6 Å². The monoisotopic (exact) mass is 331 g/mol. The molecular formula is C16H14ClN3O3. The molecule has 0 spiro atoms. The molecule has 2 rings (SSSR count). The minimum absolute atomic E-state index is 0.193. The highest BCUT2D eigenvalue weighted by Gasteiger charge is 2.02. The maximum absolute atomic E-state index is 11.5. The van der Waals surface area contributed by atoms with Crippen LogP contribution in [0.1, 0.15) is 11.3 Å². The van der Waals surface area contributed by atoms with Gasteiger partial charge in [-0.3, -0.25) is 9.59 Å². The number of halogens is 1. The molecule has 7 heteroatoms. The van der Waals surface area contributed by atoms with Gasteiger partial charge in [0.2, 0.25) is 5.91 Å². The second-order valence-electron chi connectivity index (χ2n) is 4.38. The first-order valence-electron chi connectivity index (χ1n) is 6.71. The van der Waals surface area contributed by atoms with Gasteiger partial charge in [-0.25, -0.2) is 5.43 Å². The van der Waals surface area contributed by atoms with E-state index in [2.05, 4.69) is 15.8 Å². The first kappa shape index (κ1) is 16.5. The first-order valence-corrected chi connectivity index (χ1v) is 7.09. The Morgan fingerprint density at radius 3 is 2.78 bits per heavy atom. The molecule has 23 heavy (non-hydrogen) atoms. The molecule has 0 aliphatic heterocycles. The number of hydrazone groups is 1. The summed E-state index contributed by atoms with van der Waals surface area (Å²) >= 11 is 5.94. The molecule has 0 aliphatic carbocycles. The zero-order valence-corrected chi connectivity index (χ0v) is 12.8. The Bertz CT molecular complexity index is 724. The molecule has 0 saturated carbocycles. The third-order valence-electron chi connectivity index (χ3n) is 2.66. The van der Waals surface area contributed by atoms with E-state index in [1.807, 2.05) is 0 Å². The Morgan fingerprint density at radius 1 is 1.22 bits per heavy atom. The van der Waals surface area contributed by atoms with Crippen LogP contribution in [-0.4, -0.2) is 24.6 Å². The Hall–Kier alpha value is -2.86. The predicted molar refractivity (Wildman–Crippen MR) is 87.9 cm³/mol. The third-order valence-corrected chi connectivity index (χ3v) is 3.01. The van der Waals surface area contributed by atoms with Crippen molar-refractivity contribution in [3.05, 3.63) is 65.1 Å². The Labute approximate surface area is 137 Å². The lowest BCUT2D eigenvalue weighted by Crippen LogP contribution is -2.34. The summed E-state index contributed by atoms with van der Waals surface area (Å²) in [6.07, 6.45) is 5.71. The second kappa shape index (κ2) is 8.55. The fourth-order valence-electron chi connectivity index (χ4n) is 1.56. The lowest BCUT2D eigenvalue weighted by molar-refractivity contribution is -0.123. The number of amides is 2. The number of benzene rings is 1. The average Bonchev–Trinajstić information content (AvgIpc) is 3.06. The van der Waals surface area contributed by atoms with Crippen LogP contribution in [0.2, 0.25) is 5.02 Å². The summed E-state index contributed by atoms with van der Waals surface area (Å²) in [5.74, 6) is -0.311. The van der Waals surface area contributed by atoms with Gasteiger partial charge in [0.25, 0.3) is 5.91 Å². The van der Waals surface area contributed by atoms with Gasteiger partial charge in [-0.1, -0.05) is 29.8 Å². The molecule has 2 N–H and O–H groups in total. The van der Waals surface area contributed by atoms with Crippen LogP contribution in [0.15, 0.2) is 58.3 Å². The van der Waals surface area contributed by atoms with E-state index >= 15 is 0 Å². The molecular weight excluding hydrogens is 318 g/mol. The zero-order valence-electron chi connectivity index (χ0n) is 12.0. The van der Waals surface area contributed by atoms with Crippen molar-refractivity contribution in [1.29, 1.82) is 0 Å². The topological polar surface area (TPSA) is 83.7 Å². The average molecular weight is 332 g/mol. The van der Waals surface area contributed by atoms with Crippen molar-refractivity contribution < 1.29 is 14.0 Å². The van der Waals surface area contributed by atoms with Crippen LogP contribution in [-0.2, 0) is 9.59 Å². The molecule has 2 aromatic rings. The SMILES string of the molecule is O=C(/C=C/c1ccco1)NCC(=O)N/N=C/c1ccccc1Cl. The molecule has 118 valence electrons. The largest absolute Gasteiger partial charge is 0.465 e. The summed E-state index contributed by atoms with van der Waals surface area (Å²) < 4.78 is 5.04. The van der Waals surface area contributed by atoms with Crippen molar-refractivity contribution in [1.82, 2.24) is 10.7 Å². The number of carbonyl (C=O) groups excluding carboxylic acids is 2. The first-order chi connectivity index (χ1) is 11.1. The van der Waals surface area contributed by atoms with Gasteiger partial charge < -0.3 is 9.73 Å². The van der Waals surface area contributed by atoms with Crippen LogP contribution in [0, 0.1) is 0 Å². The highest BCUT2D eigenvalue weighted by molar-refractivity contribution is 6.33. The highest BCUT2D eigenvalue weighted by Crippen LogP contribution is 2.11. The summed E-state index contributed by atoms with van der Waals surface area (Å²) in [4.78, 5) is 23.0. The van der Waals surface area contributed by atoms with Gasteiger partial charge in [0.15, 0.2) is 0 Å². The smallest absolute Gasteiger partial charge is 0.259 e. The molecule has 0 bridgehead atoms. The number of furan rings is 1. The van der Waals surface area contributed by atoms with Crippen molar-refractivity contribution in [3.63, 3.8) is 0 Å². The Morgan fingerprint density at radius 2 is 2.04 bits per heavy atom. The Balaban J connectivity index is 1.73. The predicted octanol–water partition coefficient (Wildman–Crippen LogP) is 2.21. The second-order valence-corrected chi connectivity index (χ2v) is 4.79. The number of nitrogens with zero attached hydrogens (tertiary/aromatic N) is 1. The quantitative estimate of drug-likeness (QED) is 0.483. The van der Waals surface area contributed by atoms with E-state index in [9.17, 15) is 9.59 Å². The van der Waals surface area contributed by atoms with Crippen molar-refractivity contribution in [2.75, 3.05) is 6.54 Å². The van der Waals surface area contributed by atoms with E-state index < -0.39 is 11.8 Å². The minimum Gasteiger partial charge on any atom is -0.465 e.